The number of hydrogen-bond donors (Lipinski definition) is 0. The first-order valence-electron chi connectivity index (χ1n) is 14.3. The van der Waals surface area contributed by atoms with Crippen LogP contribution in [0.3, 0.4) is 0 Å². The van der Waals surface area contributed by atoms with Crippen molar-refractivity contribution in [1.82, 2.24) is 10.1 Å². The molecule has 0 fully saturated rings. The number of ether oxygens (including phenoxy) is 2. The van der Waals surface area contributed by atoms with E-state index in [1.54, 1.807) is 18.2 Å². The molecule has 0 aliphatic heterocycles. The van der Waals surface area contributed by atoms with Crippen molar-refractivity contribution >= 4 is 11.7 Å². The minimum absolute atomic E-state index is 0.0449. The topological polar surface area (TPSA) is 98.2 Å². The van der Waals surface area contributed by atoms with Crippen LogP contribution in [0.5, 0.6) is 5.75 Å². The molecule has 1 heterocycles. The Labute approximate surface area is 236 Å². The van der Waals surface area contributed by atoms with Crippen LogP contribution in [-0.2, 0) is 16.0 Å². The molecular formula is C32H39N4O4+. The smallest absolute Gasteiger partial charge is 0.367 e. The van der Waals surface area contributed by atoms with Gasteiger partial charge < -0.3 is 18.5 Å². The number of nitrogens with zero attached hydrogens (tertiary/aromatic N) is 4. The van der Waals surface area contributed by atoms with E-state index in [1.165, 1.54) is 0 Å². The van der Waals surface area contributed by atoms with Gasteiger partial charge in [0.2, 0.25) is 5.82 Å². The highest BCUT2D eigenvalue weighted by molar-refractivity contribution is 5.84. The molecule has 2 aromatic carbocycles. The van der Waals surface area contributed by atoms with Crippen molar-refractivity contribution < 1.29 is 23.3 Å². The first-order valence-corrected chi connectivity index (χ1v) is 14.3. The van der Waals surface area contributed by atoms with E-state index in [-0.39, 0.29) is 12.1 Å². The van der Waals surface area contributed by atoms with Crippen molar-refractivity contribution in [2.45, 2.75) is 66.4 Å². The highest BCUT2D eigenvalue weighted by atomic mass is 16.5. The van der Waals surface area contributed by atoms with Crippen LogP contribution in [0.2, 0.25) is 0 Å². The van der Waals surface area contributed by atoms with Crippen LogP contribution >= 0.6 is 0 Å². The summed E-state index contributed by atoms with van der Waals surface area (Å²) in [6, 6.07) is 13.2. The van der Waals surface area contributed by atoms with Gasteiger partial charge in [0.05, 0.1) is 31.3 Å². The summed E-state index contributed by atoms with van der Waals surface area (Å²) < 4.78 is 18.0. The van der Waals surface area contributed by atoms with Gasteiger partial charge in [-0.2, -0.15) is 10.2 Å². The third-order valence-corrected chi connectivity index (χ3v) is 7.09. The standard InChI is InChI=1S/C32H39N4O4/c1-6-16-36(17-7-2,18-8-3)21-30(37)39-29-15-13-25-26(29)10-9-11-27(25)31-34-32(40-35-31)23-12-14-28(38-22(4)5)24(19-23)20-33/h9-12,14-15,19,22H,6-8,13,16-18,21H2,1-5H3/q+1. The zero-order valence-corrected chi connectivity index (χ0v) is 24.2. The van der Waals surface area contributed by atoms with Crippen LogP contribution < -0.4 is 4.74 Å². The van der Waals surface area contributed by atoms with Crippen LogP contribution in [0.4, 0.5) is 0 Å². The van der Waals surface area contributed by atoms with Crippen molar-refractivity contribution in [3.8, 4) is 34.7 Å². The second kappa shape index (κ2) is 12.9. The van der Waals surface area contributed by atoms with E-state index in [0.717, 1.165) is 60.1 Å². The average Bonchev–Trinajstić information content (AvgIpc) is 3.57. The molecule has 0 saturated heterocycles. The number of carbonyl (C=O) groups is 1. The van der Waals surface area contributed by atoms with Gasteiger partial charge in [-0.1, -0.05) is 44.1 Å². The lowest BCUT2D eigenvalue weighted by Crippen LogP contribution is -2.53. The maximum Gasteiger partial charge on any atom is 0.367 e. The largest absolute Gasteiger partial charge is 0.490 e. The molecule has 210 valence electrons. The molecule has 0 bridgehead atoms. The zero-order valence-electron chi connectivity index (χ0n) is 24.2. The lowest BCUT2D eigenvalue weighted by atomic mass is 10.0. The number of fused-ring (bicyclic) bond motifs is 1. The van der Waals surface area contributed by atoms with Crippen molar-refractivity contribution in [3.05, 3.63) is 59.2 Å². The molecule has 1 aliphatic rings. The minimum atomic E-state index is -0.195. The quantitative estimate of drug-likeness (QED) is 0.178. The third-order valence-electron chi connectivity index (χ3n) is 7.09. The molecule has 0 N–H and O–H groups in total. The number of benzene rings is 2. The van der Waals surface area contributed by atoms with Crippen LogP contribution in [0.1, 0.15) is 70.6 Å². The maximum absolute atomic E-state index is 13.1. The van der Waals surface area contributed by atoms with Crippen molar-refractivity contribution in [3.63, 3.8) is 0 Å². The van der Waals surface area contributed by atoms with Crippen molar-refractivity contribution in [1.29, 1.82) is 5.26 Å². The van der Waals surface area contributed by atoms with E-state index >= 15 is 0 Å². The Morgan fingerprint density at radius 3 is 2.42 bits per heavy atom. The first-order chi connectivity index (χ1) is 19.3. The minimum Gasteiger partial charge on any atom is -0.490 e. The first kappa shape index (κ1) is 29.0. The number of aromatic nitrogens is 2. The van der Waals surface area contributed by atoms with Gasteiger partial charge in [-0.15, -0.1) is 0 Å². The number of hydrogen-bond acceptors (Lipinski definition) is 7. The van der Waals surface area contributed by atoms with Gasteiger partial charge in [0, 0.05) is 16.7 Å². The molecular weight excluding hydrogens is 504 g/mol. The third kappa shape index (κ3) is 6.43. The summed E-state index contributed by atoms with van der Waals surface area (Å²) in [5, 5.41) is 13.8. The van der Waals surface area contributed by atoms with Crippen LogP contribution in [0, 0.1) is 11.3 Å². The van der Waals surface area contributed by atoms with Gasteiger partial charge >= 0.3 is 5.97 Å². The second-order valence-electron chi connectivity index (χ2n) is 10.7. The highest BCUT2D eigenvalue weighted by Crippen LogP contribution is 2.36. The lowest BCUT2D eigenvalue weighted by molar-refractivity contribution is -0.921. The Hall–Kier alpha value is -3.96. The van der Waals surface area contributed by atoms with Gasteiger partial charge in [0.15, 0.2) is 6.54 Å². The molecule has 1 aromatic heterocycles. The summed E-state index contributed by atoms with van der Waals surface area (Å²) >= 11 is 0. The van der Waals surface area contributed by atoms with Crippen LogP contribution in [0.15, 0.2) is 47.0 Å². The van der Waals surface area contributed by atoms with Crippen molar-refractivity contribution in [2.75, 3.05) is 26.2 Å². The number of nitriles is 1. The van der Waals surface area contributed by atoms with Gasteiger partial charge in [0.1, 0.15) is 17.6 Å². The Bertz CT molecular complexity index is 1400. The van der Waals surface area contributed by atoms with Gasteiger partial charge in [-0.3, -0.25) is 0 Å². The van der Waals surface area contributed by atoms with E-state index in [0.29, 0.717) is 47.3 Å². The molecule has 0 saturated carbocycles. The van der Waals surface area contributed by atoms with Crippen molar-refractivity contribution in [2.24, 2.45) is 0 Å². The fraction of sp³-hybridized carbons (Fsp3) is 0.438. The van der Waals surface area contributed by atoms with Gasteiger partial charge in [-0.25, -0.2) is 4.79 Å². The molecule has 0 radical (unpaired) electrons. The number of rotatable bonds is 13. The number of quaternary nitrogens is 1. The predicted molar refractivity (Wildman–Crippen MR) is 154 cm³/mol. The number of allylic oxidation sites excluding steroid dienone is 1. The lowest BCUT2D eigenvalue weighted by Gasteiger charge is -2.37. The second-order valence-corrected chi connectivity index (χ2v) is 10.7. The summed E-state index contributed by atoms with van der Waals surface area (Å²) in [5.74, 6) is 1.67. The highest BCUT2D eigenvalue weighted by Gasteiger charge is 2.31. The summed E-state index contributed by atoms with van der Waals surface area (Å²) in [7, 11) is 0. The molecule has 0 atom stereocenters. The van der Waals surface area contributed by atoms with E-state index in [9.17, 15) is 10.1 Å². The van der Waals surface area contributed by atoms with E-state index < -0.39 is 0 Å². The monoisotopic (exact) mass is 543 g/mol. The number of esters is 1. The molecule has 0 amide bonds. The molecule has 3 aromatic rings. The molecule has 1 aliphatic carbocycles. The molecule has 0 spiro atoms. The summed E-state index contributed by atoms with van der Waals surface area (Å²) in [4.78, 5) is 17.8. The molecule has 4 rings (SSSR count). The van der Waals surface area contributed by atoms with Gasteiger partial charge in [-0.05, 0) is 69.4 Å². The normalized spacial score (nSPS) is 12.7. The summed E-state index contributed by atoms with van der Waals surface area (Å²) in [6.45, 7) is 13.6. The van der Waals surface area contributed by atoms with E-state index in [2.05, 4.69) is 37.0 Å². The molecule has 40 heavy (non-hydrogen) atoms. The maximum atomic E-state index is 13.1. The summed E-state index contributed by atoms with van der Waals surface area (Å²) in [6.07, 6.45) is 5.61. The van der Waals surface area contributed by atoms with E-state index in [1.807, 2.05) is 38.1 Å². The Kier molecular flexibility index (Phi) is 9.38. The SMILES string of the molecule is CCC[N+](CCC)(CCC)CC(=O)OC1=CCc2c1cccc2-c1noc(-c2ccc(OC(C)C)c(C#N)c2)n1. The Balaban J connectivity index is 1.53. The predicted octanol–water partition coefficient (Wildman–Crippen LogP) is 6.55. The number of carbonyl (C=O) groups excluding carboxylic acids is 1. The molecule has 8 nitrogen and oxygen atoms in total. The summed E-state index contributed by atoms with van der Waals surface area (Å²) in [5.41, 5.74) is 3.73. The van der Waals surface area contributed by atoms with Crippen LogP contribution in [-0.4, -0.2) is 52.9 Å². The molecule has 8 heteroatoms. The molecule has 0 unspecified atom stereocenters. The fourth-order valence-corrected chi connectivity index (χ4v) is 5.63. The van der Waals surface area contributed by atoms with Crippen LogP contribution in [0.25, 0.3) is 28.6 Å². The van der Waals surface area contributed by atoms with E-state index in [4.69, 9.17) is 14.0 Å². The Morgan fingerprint density at radius 2 is 1.77 bits per heavy atom. The fourth-order valence-electron chi connectivity index (χ4n) is 5.63. The van der Waals surface area contributed by atoms with Gasteiger partial charge in [0.25, 0.3) is 5.89 Å². The zero-order chi connectivity index (χ0) is 28.7. The average molecular weight is 544 g/mol. The Morgan fingerprint density at radius 1 is 1.07 bits per heavy atom.